The van der Waals surface area contributed by atoms with Crippen molar-refractivity contribution >= 4 is 11.9 Å². The zero-order valence-corrected chi connectivity index (χ0v) is 10.1. The molecule has 0 fully saturated rings. The maximum absolute atomic E-state index is 11.3. The molecule has 0 rings (SSSR count). The molecule has 0 spiro atoms. The molecule has 0 heterocycles. The SMILES string of the molecule is C=CC(=O)OC(=O)C(=C)CCC(CO)(CO)CO. The number of hydrogen-bond donors (Lipinski definition) is 3. The van der Waals surface area contributed by atoms with Crippen LogP contribution < -0.4 is 0 Å². The molecule has 0 aliphatic carbocycles. The van der Waals surface area contributed by atoms with Crippen LogP contribution in [0.3, 0.4) is 0 Å². The molecule has 3 N–H and O–H groups in total. The van der Waals surface area contributed by atoms with Gasteiger partial charge in [0, 0.05) is 17.1 Å². The highest BCUT2D eigenvalue weighted by atomic mass is 16.6. The zero-order valence-electron chi connectivity index (χ0n) is 10.1. The van der Waals surface area contributed by atoms with E-state index < -0.39 is 37.2 Å². The summed E-state index contributed by atoms with van der Waals surface area (Å²) in [6.07, 6.45) is 1.09. The van der Waals surface area contributed by atoms with Crippen LogP contribution in [0.1, 0.15) is 12.8 Å². The number of hydrogen-bond acceptors (Lipinski definition) is 6. The van der Waals surface area contributed by atoms with Crippen LogP contribution in [0.25, 0.3) is 0 Å². The molecule has 18 heavy (non-hydrogen) atoms. The van der Waals surface area contributed by atoms with Gasteiger partial charge in [-0.25, -0.2) is 9.59 Å². The third-order valence-electron chi connectivity index (χ3n) is 2.61. The van der Waals surface area contributed by atoms with Crippen LogP contribution in [0.2, 0.25) is 0 Å². The zero-order chi connectivity index (χ0) is 14.2. The summed E-state index contributed by atoms with van der Waals surface area (Å²) in [5.41, 5.74) is -1.06. The van der Waals surface area contributed by atoms with Crippen LogP contribution in [0.4, 0.5) is 0 Å². The molecule has 0 aromatic rings. The number of ether oxygens (including phenoxy) is 1. The molecule has 0 aromatic carbocycles. The number of carbonyl (C=O) groups excluding carboxylic acids is 2. The highest BCUT2D eigenvalue weighted by Crippen LogP contribution is 2.24. The molecule has 102 valence electrons. The molecular weight excluding hydrogens is 240 g/mol. The lowest BCUT2D eigenvalue weighted by Gasteiger charge is -2.27. The minimum Gasteiger partial charge on any atom is -0.396 e. The van der Waals surface area contributed by atoms with Gasteiger partial charge in [-0.15, -0.1) is 0 Å². The molecule has 0 unspecified atom stereocenters. The minimum absolute atomic E-state index is 0.0184. The molecule has 0 saturated carbocycles. The summed E-state index contributed by atoms with van der Waals surface area (Å²) in [4.78, 5) is 22.1. The predicted molar refractivity (Wildman–Crippen MR) is 63.4 cm³/mol. The van der Waals surface area contributed by atoms with Crippen LogP contribution >= 0.6 is 0 Å². The van der Waals surface area contributed by atoms with Gasteiger partial charge in [0.2, 0.25) is 0 Å². The summed E-state index contributed by atoms with van der Waals surface area (Å²) in [5, 5.41) is 27.2. The van der Waals surface area contributed by atoms with Gasteiger partial charge in [-0.3, -0.25) is 0 Å². The van der Waals surface area contributed by atoms with Gasteiger partial charge >= 0.3 is 11.9 Å². The normalized spacial score (nSPS) is 10.8. The Morgan fingerprint density at radius 2 is 1.67 bits per heavy atom. The summed E-state index contributed by atoms with van der Waals surface area (Å²) in [6, 6.07) is 0. The first-order valence-corrected chi connectivity index (χ1v) is 5.33. The van der Waals surface area contributed by atoms with Crippen LogP contribution in [0.5, 0.6) is 0 Å². The van der Waals surface area contributed by atoms with Gasteiger partial charge in [-0.1, -0.05) is 13.2 Å². The lowest BCUT2D eigenvalue weighted by molar-refractivity contribution is -0.153. The Morgan fingerprint density at radius 1 is 1.17 bits per heavy atom. The maximum Gasteiger partial charge on any atom is 0.341 e. The van der Waals surface area contributed by atoms with E-state index in [1.807, 2.05) is 0 Å². The number of carbonyl (C=O) groups is 2. The van der Waals surface area contributed by atoms with E-state index in [2.05, 4.69) is 17.9 Å². The largest absolute Gasteiger partial charge is 0.396 e. The molecule has 0 saturated heterocycles. The third kappa shape index (κ3) is 4.79. The first-order valence-electron chi connectivity index (χ1n) is 5.33. The topological polar surface area (TPSA) is 104 Å². The molecule has 0 atom stereocenters. The maximum atomic E-state index is 11.3. The van der Waals surface area contributed by atoms with Gasteiger partial charge in [0.1, 0.15) is 0 Å². The second-order valence-corrected chi connectivity index (χ2v) is 3.99. The fraction of sp³-hybridized carbons (Fsp3) is 0.500. The quantitative estimate of drug-likeness (QED) is 0.309. The second-order valence-electron chi connectivity index (χ2n) is 3.99. The van der Waals surface area contributed by atoms with E-state index in [9.17, 15) is 9.59 Å². The van der Waals surface area contributed by atoms with Gasteiger partial charge in [0.25, 0.3) is 0 Å². The number of rotatable bonds is 8. The van der Waals surface area contributed by atoms with Crippen molar-refractivity contribution in [2.75, 3.05) is 19.8 Å². The average Bonchev–Trinajstić information content (AvgIpc) is 2.40. The molecular formula is C12H18O6. The lowest BCUT2D eigenvalue weighted by atomic mass is 9.84. The highest BCUT2D eigenvalue weighted by Gasteiger charge is 2.28. The van der Waals surface area contributed by atoms with E-state index >= 15 is 0 Å². The Morgan fingerprint density at radius 3 is 2.06 bits per heavy atom. The van der Waals surface area contributed by atoms with Crippen LogP contribution in [0, 0.1) is 5.41 Å². The molecule has 0 aliphatic rings. The second kappa shape index (κ2) is 7.75. The summed E-state index contributed by atoms with van der Waals surface area (Å²) in [5.74, 6) is -1.76. The monoisotopic (exact) mass is 258 g/mol. The third-order valence-corrected chi connectivity index (χ3v) is 2.61. The van der Waals surface area contributed by atoms with Gasteiger partial charge in [-0.05, 0) is 12.8 Å². The molecule has 0 aromatic heterocycles. The Balaban J connectivity index is 4.36. The summed E-state index contributed by atoms with van der Waals surface area (Å²) >= 11 is 0. The number of aliphatic hydroxyl groups is 3. The fourth-order valence-corrected chi connectivity index (χ4v) is 1.11. The van der Waals surface area contributed by atoms with E-state index in [4.69, 9.17) is 15.3 Å². The molecule has 0 aliphatic heterocycles. The molecule has 0 radical (unpaired) electrons. The van der Waals surface area contributed by atoms with E-state index in [-0.39, 0.29) is 18.4 Å². The van der Waals surface area contributed by atoms with E-state index in [0.29, 0.717) is 0 Å². The first kappa shape index (κ1) is 16.5. The van der Waals surface area contributed by atoms with Crippen molar-refractivity contribution in [2.24, 2.45) is 5.41 Å². The van der Waals surface area contributed by atoms with Crippen LogP contribution in [-0.4, -0.2) is 47.1 Å². The van der Waals surface area contributed by atoms with Gasteiger partial charge < -0.3 is 20.1 Å². The Hall–Kier alpha value is -1.50. The summed E-state index contributed by atoms with van der Waals surface area (Å²) < 4.78 is 4.34. The standard InChI is InChI=1S/C12H18O6/c1-3-10(16)18-11(17)9(2)4-5-12(6-13,7-14)8-15/h3,13-15H,1-2,4-8H2. The van der Waals surface area contributed by atoms with Crippen molar-refractivity contribution in [1.29, 1.82) is 0 Å². The van der Waals surface area contributed by atoms with Gasteiger partial charge in [0.05, 0.1) is 19.8 Å². The van der Waals surface area contributed by atoms with E-state index in [0.717, 1.165) is 6.08 Å². The minimum atomic E-state index is -1.08. The Kier molecular flexibility index (Phi) is 7.11. The molecule has 6 nitrogen and oxygen atoms in total. The molecule has 0 bridgehead atoms. The smallest absolute Gasteiger partial charge is 0.341 e. The van der Waals surface area contributed by atoms with Crippen LogP contribution in [0.15, 0.2) is 24.8 Å². The van der Waals surface area contributed by atoms with E-state index in [1.54, 1.807) is 0 Å². The molecule has 6 heteroatoms. The first-order chi connectivity index (χ1) is 8.44. The number of esters is 2. The van der Waals surface area contributed by atoms with Crippen molar-refractivity contribution < 1.29 is 29.6 Å². The Labute approximate surface area is 105 Å². The average molecular weight is 258 g/mol. The Bertz CT molecular complexity index is 321. The fourth-order valence-electron chi connectivity index (χ4n) is 1.11. The summed E-state index contributed by atoms with van der Waals surface area (Å²) in [7, 11) is 0. The van der Waals surface area contributed by atoms with Crippen LogP contribution in [-0.2, 0) is 14.3 Å². The van der Waals surface area contributed by atoms with Crippen molar-refractivity contribution in [3.8, 4) is 0 Å². The van der Waals surface area contributed by atoms with Crippen molar-refractivity contribution in [3.63, 3.8) is 0 Å². The lowest BCUT2D eigenvalue weighted by Crippen LogP contribution is -2.34. The number of aliphatic hydroxyl groups excluding tert-OH is 3. The van der Waals surface area contributed by atoms with Gasteiger partial charge in [0.15, 0.2) is 0 Å². The van der Waals surface area contributed by atoms with Crippen molar-refractivity contribution in [2.45, 2.75) is 12.8 Å². The van der Waals surface area contributed by atoms with Crippen molar-refractivity contribution in [3.05, 3.63) is 24.8 Å². The summed E-state index contributed by atoms with van der Waals surface area (Å²) in [6.45, 7) is 5.32. The highest BCUT2D eigenvalue weighted by molar-refractivity contribution is 5.98. The van der Waals surface area contributed by atoms with Crippen molar-refractivity contribution in [1.82, 2.24) is 0 Å². The van der Waals surface area contributed by atoms with Gasteiger partial charge in [-0.2, -0.15) is 0 Å². The predicted octanol–water partition coefficient (Wildman–Crippen LogP) is -0.458. The van der Waals surface area contributed by atoms with E-state index in [1.165, 1.54) is 0 Å². The molecule has 0 amide bonds.